The largest absolute Gasteiger partial charge is 0.366 e. The molecule has 1 N–H and O–H groups in total. The number of aryl methyl sites for hydroxylation is 1. The molecule has 1 fully saturated rings. The van der Waals surface area contributed by atoms with Crippen LogP contribution in [0.4, 0.5) is 5.69 Å². The van der Waals surface area contributed by atoms with Gasteiger partial charge in [-0.15, -0.1) is 0 Å². The highest BCUT2D eigenvalue weighted by molar-refractivity contribution is 5.60. The molecule has 0 unspecified atom stereocenters. The third-order valence-electron chi connectivity index (χ3n) is 4.21. The first-order valence-corrected chi connectivity index (χ1v) is 8.35. The summed E-state index contributed by atoms with van der Waals surface area (Å²) >= 11 is 0. The molecule has 122 valence electrons. The molecule has 1 aromatic heterocycles. The van der Waals surface area contributed by atoms with E-state index in [-0.39, 0.29) is 5.41 Å². The molecule has 0 spiro atoms. The molecule has 3 rings (SSSR count). The molecule has 0 amide bonds. The Morgan fingerprint density at radius 2 is 1.87 bits per heavy atom. The second-order valence-corrected chi connectivity index (χ2v) is 7.28. The van der Waals surface area contributed by atoms with E-state index in [0.717, 1.165) is 43.3 Å². The zero-order chi connectivity index (χ0) is 16.4. The van der Waals surface area contributed by atoms with Crippen molar-refractivity contribution in [1.29, 1.82) is 0 Å². The van der Waals surface area contributed by atoms with Crippen LogP contribution in [0.5, 0.6) is 0 Å². The topological polar surface area (TPSA) is 41.1 Å². The number of hydrogen-bond acceptors (Lipinski definition) is 4. The van der Waals surface area contributed by atoms with Gasteiger partial charge in [0.25, 0.3) is 0 Å². The summed E-state index contributed by atoms with van der Waals surface area (Å²) in [6.45, 7) is 12.8. The van der Waals surface area contributed by atoms with Crippen LogP contribution in [-0.2, 0) is 5.41 Å². The summed E-state index contributed by atoms with van der Waals surface area (Å²) in [7, 11) is 0. The summed E-state index contributed by atoms with van der Waals surface area (Å²) in [5.41, 5.74) is 4.61. The summed E-state index contributed by atoms with van der Waals surface area (Å²) in [4.78, 5) is 12.0. The molecular weight excluding hydrogens is 284 g/mol. The summed E-state index contributed by atoms with van der Waals surface area (Å²) in [6.07, 6.45) is 2.01. The third kappa shape index (κ3) is 3.53. The van der Waals surface area contributed by atoms with E-state index in [0.29, 0.717) is 0 Å². The van der Waals surface area contributed by atoms with Crippen LogP contribution >= 0.6 is 0 Å². The van der Waals surface area contributed by atoms with Crippen molar-refractivity contribution in [3.63, 3.8) is 0 Å². The number of nitrogens with zero attached hydrogens (tertiary/aromatic N) is 3. The average molecular weight is 310 g/mol. The molecule has 1 aliphatic heterocycles. The van der Waals surface area contributed by atoms with Crippen molar-refractivity contribution in [2.45, 2.75) is 33.1 Å². The van der Waals surface area contributed by atoms with Gasteiger partial charge in [-0.05, 0) is 13.0 Å². The molecule has 1 saturated heterocycles. The van der Waals surface area contributed by atoms with Gasteiger partial charge >= 0.3 is 0 Å². The molecule has 23 heavy (non-hydrogen) atoms. The highest BCUT2D eigenvalue weighted by Crippen LogP contribution is 2.32. The Balaban J connectivity index is 2.05. The molecule has 0 saturated carbocycles. The highest BCUT2D eigenvalue weighted by atomic mass is 15.2. The molecule has 1 aliphatic rings. The predicted molar refractivity (Wildman–Crippen MR) is 96.0 cm³/mol. The van der Waals surface area contributed by atoms with Crippen molar-refractivity contribution in [3.05, 3.63) is 41.7 Å². The number of anilines is 1. The van der Waals surface area contributed by atoms with Crippen LogP contribution in [0.15, 0.2) is 30.5 Å². The first kappa shape index (κ1) is 15.9. The van der Waals surface area contributed by atoms with E-state index in [1.54, 1.807) is 0 Å². The van der Waals surface area contributed by atoms with Crippen LogP contribution in [-0.4, -0.2) is 36.1 Å². The van der Waals surface area contributed by atoms with Crippen LogP contribution < -0.4 is 10.2 Å². The van der Waals surface area contributed by atoms with Gasteiger partial charge in [0.1, 0.15) is 0 Å². The van der Waals surface area contributed by atoms with Crippen molar-refractivity contribution in [3.8, 4) is 11.4 Å². The van der Waals surface area contributed by atoms with Gasteiger partial charge in [-0.1, -0.05) is 44.5 Å². The number of aromatic nitrogens is 2. The minimum absolute atomic E-state index is 0.0122. The Bertz CT molecular complexity index is 682. The summed E-state index contributed by atoms with van der Waals surface area (Å²) in [5, 5.41) is 3.40. The molecule has 2 aromatic rings. The van der Waals surface area contributed by atoms with Crippen molar-refractivity contribution in [2.24, 2.45) is 0 Å². The Kier molecular flexibility index (Phi) is 4.35. The first-order chi connectivity index (χ1) is 10.9. The van der Waals surface area contributed by atoms with Crippen molar-refractivity contribution in [2.75, 3.05) is 31.1 Å². The smallest absolute Gasteiger partial charge is 0.159 e. The minimum Gasteiger partial charge on any atom is -0.366 e. The van der Waals surface area contributed by atoms with Gasteiger partial charge in [-0.25, -0.2) is 9.97 Å². The van der Waals surface area contributed by atoms with Crippen molar-refractivity contribution < 1.29 is 0 Å². The third-order valence-corrected chi connectivity index (χ3v) is 4.21. The fraction of sp³-hybridized carbons (Fsp3) is 0.474. The fourth-order valence-corrected chi connectivity index (χ4v) is 2.99. The molecule has 1 aromatic carbocycles. The Hall–Kier alpha value is -1.94. The normalized spacial score (nSPS) is 15.7. The molecule has 0 bridgehead atoms. The van der Waals surface area contributed by atoms with Crippen LogP contribution in [0.25, 0.3) is 11.4 Å². The van der Waals surface area contributed by atoms with E-state index in [1.165, 1.54) is 11.3 Å². The average Bonchev–Trinajstić information content (AvgIpc) is 2.54. The fourth-order valence-electron chi connectivity index (χ4n) is 2.99. The summed E-state index contributed by atoms with van der Waals surface area (Å²) in [5.74, 6) is 0.817. The van der Waals surface area contributed by atoms with Gasteiger partial charge in [-0.3, -0.25) is 0 Å². The lowest BCUT2D eigenvalue weighted by molar-refractivity contribution is 0.548. The Morgan fingerprint density at radius 1 is 1.13 bits per heavy atom. The number of hydrogen-bond donors (Lipinski definition) is 1. The Labute approximate surface area is 139 Å². The molecular formula is C19H26N4. The number of benzene rings is 1. The van der Waals surface area contributed by atoms with Crippen molar-refractivity contribution >= 4 is 5.69 Å². The zero-order valence-corrected chi connectivity index (χ0v) is 14.6. The second-order valence-electron chi connectivity index (χ2n) is 7.28. The molecule has 4 nitrogen and oxygen atoms in total. The van der Waals surface area contributed by atoms with E-state index in [2.05, 4.69) is 67.2 Å². The zero-order valence-electron chi connectivity index (χ0n) is 14.6. The van der Waals surface area contributed by atoms with Crippen molar-refractivity contribution in [1.82, 2.24) is 15.3 Å². The quantitative estimate of drug-likeness (QED) is 0.925. The van der Waals surface area contributed by atoms with Gasteiger partial charge in [0.15, 0.2) is 5.82 Å². The first-order valence-electron chi connectivity index (χ1n) is 8.35. The van der Waals surface area contributed by atoms with E-state index >= 15 is 0 Å². The predicted octanol–water partition coefficient (Wildman–Crippen LogP) is 3.16. The monoisotopic (exact) mass is 310 g/mol. The van der Waals surface area contributed by atoms with E-state index < -0.39 is 0 Å². The summed E-state index contributed by atoms with van der Waals surface area (Å²) < 4.78 is 0. The van der Waals surface area contributed by atoms with Crippen LogP contribution in [0.2, 0.25) is 0 Å². The van der Waals surface area contributed by atoms with Gasteiger partial charge < -0.3 is 10.2 Å². The molecule has 0 aliphatic carbocycles. The molecule has 0 radical (unpaired) electrons. The number of nitrogens with one attached hydrogen (secondary N) is 1. The lowest BCUT2D eigenvalue weighted by Crippen LogP contribution is -2.44. The molecule has 0 atom stereocenters. The van der Waals surface area contributed by atoms with Gasteiger partial charge in [0, 0.05) is 37.2 Å². The number of piperazine rings is 1. The lowest BCUT2D eigenvalue weighted by Gasteiger charge is -2.33. The number of rotatable bonds is 2. The van der Waals surface area contributed by atoms with E-state index in [9.17, 15) is 0 Å². The van der Waals surface area contributed by atoms with Crippen LogP contribution in [0.1, 0.15) is 32.0 Å². The second kappa shape index (κ2) is 6.28. The Morgan fingerprint density at radius 3 is 2.52 bits per heavy atom. The minimum atomic E-state index is -0.0122. The maximum absolute atomic E-state index is 4.96. The van der Waals surface area contributed by atoms with Gasteiger partial charge in [-0.2, -0.15) is 0 Å². The SMILES string of the molecule is Cc1cccc(-c2ncc(N3CCNCC3)c(C(C)(C)C)n2)c1. The van der Waals surface area contributed by atoms with E-state index in [1.807, 2.05) is 6.20 Å². The molecule has 2 heterocycles. The van der Waals surface area contributed by atoms with Gasteiger partial charge in [0.05, 0.1) is 17.6 Å². The highest BCUT2D eigenvalue weighted by Gasteiger charge is 2.25. The maximum Gasteiger partial charge on any atom is 0.159 e. The maximum atomic E-state index is 4.96. The van der Waals surface area contributed by atoms with E-state index in [4.69, 9.17) is 4.98 Å². The lowest BCUT2D eigenvalue weighted by atomic mass is 9.90. The van der Waals surface area contributed by atoms with Crippen LogP contribution in [0, 0.1) is 6.92 Å². The van der Waals surface area contributed by atoms with Gasteiger partial charge in [0.2, 0.25) is 0 Å². The summed E-state index contributed by atoms with van der Waals surface area (Å²) in [6, 6.07) is 8.39. The standard InChI is InChI=1S/C19H26N4/c1-14-6-5-7-15(12-14)18-21-13-16(17(22-18)19(2,3)4)23-10-8-20-9-11-23/h5-7,12-13,20H,8-11H2,1-4H3. The molecule has 4 heteroatoms. The van der Waals surface area contributed by atoms with Crippen LogP contribution in [0.3, 0.4) is 0 Å².